The molecule has 4 aromatic rings. The fourth-order valence-corrected chi connectivity index (χ4v) is 4.97. The van der Waals surface area contributed by atoms with Crippen molar-refractivity contribution in [2.24, 2.45) is 0 Å². The summed E-state index contributed by atoms with van der Waals surface area (Å²) in [7, 11) is 0. The first kappa shape index (κ1) is 22.3. The van der Waals surface area contributed by atoms with Crippen molar-refractivity contribution >= 4 is 23.3 Å². The predicted octanol–water partition coefficient (Wildman–Crippen LogP) is 5.62. The van der Waals surface area contributed by atoms with E-state index >= 15 is 0 Å². The molecule has 0 fully saturated rings. The van der Waals surface area contributed by atoms with Gasteiger partial charge in [-0.2, -0.15) is 9.78 Å². The molecule has 2 aromatic heterocycles. The van der Waals surface area contributed by atoms with Gasteiger partial charge in [-0.15, -0.1) is 0 Å². The van der Waals surface area contributed by atoms with E-state index in [4.69, 9.17) is 16.7 Å². The fourth-order valence-electron chi connectivity index (χ4n) is 4.70. The largest absolute Gasteiger partial charge is 0.292 e. The molecule has 1 atom stereocenters. The zero-order valence-electron chi connectivity index (χ0n) is 19.7. The van der Waals surface area contributed by atoms with Crippen molar-refractivity contribution in [3.8, 4) is 5.95 Å². The van der Waals surface area contributed by atoms with Gasteiger partial charge in [0.15, 0.2) is 0 Å². The Balaban J connectivity index is 1.72. The van der Waals surface area contributed by atoms with Crippen LogP contribution in [0.25, 0.3) is 5.95 Å². The van der Waals surface area contributed by atoms with Crippen molar-refractivity contribution in [1.29, 1.82) is 0 Å². The van der Waals surface area contributed by atoms with Crippen LogP contribution < -0.4 is 4.90 Å². The standard InChI is InChI=1S/C27H26ClN5O/c1-16-9-11-20(12-10-16)15-32-24(34)14-22(21-7-5-6-8-23(21)28)25-19(4)31-33(26(25)32)27-29-17(2)13-18(3)30-27/h5-13,22H,14-15H2,1-4H3/t22-/m0/s1. The molecule has 1 aliphatic rings. The lowest BCUT2D eigenvalue weighted by Crippen LogP contribution is -2.38. The van der Waals surface area contributed by atoms with Gasteiger partial charge in [-0.3, -0.25) is 9.69 Å². The quantitative estimate of drug-likeness (QED) is 0.387. The van der Waals surface area contributed by atoms with E-state index in [0.29, 0.717) is 29.8 Å². The van der Waals surface area contributed by atoms with Gasteiger partial charge in [0.05, 0.1) is 12.2 Å². The molecule has 0 unspecified atom stereocenters. The van der Waals surface area contributed by atoms with E-state index in [-0.39, 0.29) is 11.8 Å². The Bertz CT molecular complexity index is 1370. The van der Waals surface area contributed by atoms with Gasteiger partial charge in [0.25, 0.3) is 5.95 Å². The average Bonchev–Trinajstić information content (AvgIpc) is 3.14. The molecule has 7 heteroatoms. The number of benzene rings is 2. The van der Waals surface area contributed by atoms with Crippen LogP contribution in [0.3, 0.4) is 0 Å². The third-order valence-electron chi connectivity index (χ3n) is 6.27. The SMILES string of the molecule is Cc1ccc(CN2C(=O)C[C@@H](c3ccccc3Cl)c3c(C)nn(-c4nc(C)cc(C)n4)c32)cc1. The second kappa shape index (κ2) is 8.69. The zero-order chi connectivity index (χ0) is 24.0. The smallest absolute Gasteiger partial charge is 0.252 e. The average molecular weight is 472 g/mol. The van der Waals surface area contributed by atoms with Gasteiger partial charge < -0.3 is 0 Å². The maximum atomic E-state index is 13.7. The summed E-state index contributed by atoms with van der Waals surface area (Å²) in [5.74, 6) is 1.00. The summed E-state index contributed by atoms with van der Waals surface area (Å²) in [5, 5.41) is 5.49. The van der Waals surface area contributed by atoms with Crippen molar-refractivity contribution in [3.63, 3.8) is 0 Å². The van der Waals surface area contributed by atoms with Gasteiger partial charge in [-0.25, -0.2) is 9.97 Å². The normalized spacial score (nSPS) is 15.5. The molecule has 0 N–H and O–H groups in total. The van der Waals surface area contributed by atoms with Gasteiger partial charge >= 0.3 is 0 Å². The summed E-state index contributed by atoms with van der Waals surface area (Å²) in [6.45, 7) is 8.34. The second-order valence-corrected chi connectivity index (χ2v) is 9.34. The topological polar surface area (TPSA) is 63.9 Å². The number of rotatable bonds is 4. The summed E-state index contributed by atoms with van der Waals surface area (Å²) in [6, 6.07) is 17.9. The maximum Gasteiger partial charge on any atom is 0.252 e. The lowest BCUT2D eigenvalue weighted by Gasteiger charge is -2.33. The Hall–Kier alpha value is -3.51. The summed E-state index contributed by atoms with van der Waals surface area (Å²) < 4.78 is 1.72. The highest BCUT2D eigenvalue weighted by molar-refractivity contribution is 6.31. The summed E-state index contributed by atoms with van der Waals surface area (Å²) >= 11 is 6.59. The first-order valence-electron chi connectivity index (χ1n) is 11.3. The highest BCUT2D eigenvalue weighted by Crippen LogP contribution is 2.44. The van der Waals surface area contributed by atoms with E-state index in [1.807, 2.05) is 56.0 Å². The van der Waals surface area contributed by atoms with E-state index in [1.165, 1.54) is 5.56 Å². The molecule has 0 saturated heterocycles. The van der Waals surface area contributed by atoms with E-state index < -0.39 is 0 Å². The summed E-state index contributed by atoms with van der Waals surface area (Å²) in [4.78, 5) is 24.8. The Morgan fingerprint density at radius 2 is 1.65 bits per heavy atom. The number of hydrogen-bond acceptors (Lipinski definition) is 4. The van der Waals surface area contributed by atoms with Crippen LogP contribution in [0.1, 0.15) is 51.7 Å². The molecule has 0 saturated carbocycles. The molecule has 3 heterocycles. The predicted molar refractivity (Wildman–Crippen MR) is 134 cm³/mol. The van der Waals surface area contributed by atoms with E-state index in [0.717, 1.165) is 33.8 Å². The number of amides is 1. The monoisotopic (exact) mass is 471 g/mol. The number of carbonyl (C=O) groups is 1. The van der Waals surface area contributed by atoms with Gasteiger partial charge in [-0.1, -0.05) is 59.6 Å². The van der Waals surface area contributed by atoms with Crippen molar-refractivity contribution in [1.82, 2.24) is 19.7 Å². The van der Waals surface area contributed by atoms with Gasteiger partial charge in [0.2, 0.25) is 5.91 Å². The molecule has 0 aliphatic carbocycles. The van der Waals surface area contributed by atoms with Crippen molar-refractivity contribution in [2.45, 2.75) is 46.6 Å². The van der Waals surface area contributed by atoms with Crippen molar-refractivity contribution in [3.05, 3.63) is 99.0 Å². The van der Waals surface area contributed by atoms with Crippen LogP contribution in [0.4, 0.5) is 5.82 Å². The third kappa shape index (κ3) is 3.99. The number of anilines is 1. The van der Waals surface area contributed by atoms with Crippen LogP contribution in [-0.2, 0) is 11.3 Å². The number of nitrogens with zero attached hydrogens (tertiary/aromatic N) is 5. The summed E-state index contributed by atoms with van der Waals surface area (Å²) in [6.07, 6.45) is 0.322. The Labute approximate surface area is 204 Å². The Morgan fingerprint density at radius 3 is 2.32 bits per heavy atom. The van der Waals surface area contributed by atoms with Crippen LogP contribution in [0.2, 0.25) is 5.02 Å². The van der Waals surface area contributed by atoms with Gasteiger partial charge in [0.1, 0.15) is 5.82 Å². The molecule has 0 spiro atoms. The molecule has 34 heavy (non-hydrogen) atoms. The molecule has 1 aliphatic heterocycles. The molecular weight excluding hydrogens is 446 g/mol. The van der Waals surface area contributed by atoms with E-state index in [9.17, 15) is 4.79 Å². The summed E-state index contributed by atoms with van der Waals surface area (Å²) in [5.41, 5.74) is 6.67. The molecule has 5 rings (SSSR count). The number of aryl methyl sites for hydroxylation is 4. The minimum atomic E-state index is -0.190. The third-order valence-corrected chi connectivity index (χ3v) is 6.61. The molecule has 6 nitrogen and oxygen atoms in total. The number of fused-ring (bicyclic) bond motifs is 1. The minimum Gasteiger partial charge on any atom is -0.292 e. The second-order valence-electron chi connectivity index (χ2n) is 8.93. The molecule has 0 radical (unpaired) electrons. The molecule has 1 amide bonds. The number of carbonyl (C=O) groups excluding carboxylic acids is 1. The number of aromatic nitrogens is 4. The molecule has 0 bridgehead atoms. The lowest BCUT2D eigenvalue weighted by molar-refractivity contribution is -0.119. The van der Waals surface area contributed by atoms with E-state index in [1.54, 1.807) is 4.68 Å². The van der Waals surface area contributed by atoms with Crippen LogP contribution in [-0.4, -0.2) is 25.7 Å². The van der Waals surface area contributed by atoms with Crippen LogP contribution in [0.15, 0.2) is 54.6 Å². The Kier molecular flexibility index (Phi) is 5.70. The van der Waals surface area contributed by atoms with Gasteiger partial charge in [-0.05, 0) is 51.0 Å². The minimum absolute atomic E-state index is 0.0171. The van der Waals surface area contributed by atoms with Crippen LogP contribution in [0.5, 0.6) is 0 Å². The van der Waals surface area contributed by atoms with Gasteiger partial charge in [0, 0.05) is 34.3 Å². The molecular formula is C27H26ClN5O. The van der Waals surface area contributed by atoms with Crippen molar-refractivity contribution in [2.75, 3.05) is 4.90 Å². The molecule has 172 valence electrons. The highest BCUT2D eigenvalue weighted by Gasteiger charge is 2.39. The first-order valence-corrected chi connectivity index (χ1v) is 11.7. The number of hydrogen-bond donors (Lipinski definition) is 0. The van der Waals surface area contributed by atoms with Crippen LogP contribution in [0, 0.1) is 27.7 Å². The zero-order valence-corrected chi connectivity index (χ0v) is 20.5. The highest BCUT2D eigenvalue weighted by atomic mass is 35.5. The fraction of sp³-hybridized carbons (Fsp3) is 0.259. The van der Waals surface area contributed by atoms with E-state index in [2.05, 4.69) is 41.2 Å². The van der Waals surface area contributed by atoms with Crippen molar-refractivity contribution < 1.29 is 4.79 Å². The Morgan fingerprint density at radius 1 is 0.971 bits per heavy atom. The maximum absolute atomic E-state index is 13.7. The lowest BCUT2D eigenvalue weighted by atomic mass is 9.85. The molecule has 2 aromatic carbocycles. The van der Waals surface area contributed by atoms with Crippen LogP contribution >= 0.6 is 11.6 Å². The first-order chi connectivity index (χ1) is 16.3. The number of halogens is 1.